The van der Waals surface area contributed by atoms with Crippen molar-refractivity contribution < 1.29 is 14.3 Å². The fourth-order valence-corrected chi connectivity index (χ4v) is 3.61. The second-order valence-corrected chi connectivity index (χ2v) is 8.00. The Kier molecular flexibility index (Phi) is 6.23. The van der Waals surface area contributed by atoms with Gasteiger partial charge in [-0.05, 0) is 55.1 Å². The summed E-state index contributed by atoms with van der Waals surface area (Å²) in [5.41, 5.74) is 8.34. The number of hydrazine groups is 1. The summed E-state index contributed by atoms with van der Waals surface area (Å²) in [7, 11) is 3.33. The molecule has 0 atom stereocenters. The standard InChI is InChI=1S/C21H24N4O3S/c1-13-5-7-17(14(2)9-13)28-12-19(26)22-16-6-8-18-15(10-16)11-20(29-18)23-24-21(27)25(3)4/h5-11,23H,12H2,1-4H3,(H,22,26)(H,24,27). The van der Waals surface area contributed by atoms with Gasteiger partial charge in [-0.1, -0.05) is 17.7 Å². The lowest BCUT2D eigenvalue weighted by Crippen LogP contribution is -2.37. The highest BCUT2D eigenvalue weighted by Crippen LogP contribution is 2.31. The second kappa shape index (κ2) is 8.83. The first-order valence-electron chi connectivity index (χ1n) is 9.08. The van der Waals surface area contributed by atoms with Crippen molar-refractivity contribution in [1.82, 2.24) is 10.3 Å². The van der Waals surface area contributed by atoms with Gasteiger partial charge in [0.1, 0.15) is 10.8 Å². The van der Waals surface area contributed by atoms with Gasteiger partial charge in [0.2, 0.25) is 0 Å². The summed E-state index contributed by atoms with van der Waals surface area (Å²) < 4.78 is 6.66. The predicted octanol–water partition coefficient (Wildman–Crippen LogP) is 4.13. The van der Waals surface area contributed by atoms with Crippen LogP contribution < -0.4 is 20.9 Å². The van der Waals surface area contributed by atoms with Gasteiger partial charge in [-0.3, -0.25) is 15.6 Å². The molecule has 0 saturated heterocycles. The molecule has 0 aliphatic carbocycles. The number of urea groups is 1. The Morgan fingerprint density at radius 2 is 1.86 bits per heavy atom. The summed E-state index contributed by atoms with van der Waals surface area (Å²) in [5.74, 6) is 0.477. The molecule has 8 heteroatoms. The van der Waals surface area contributed by atoms with E-state index in [0.717, 1.165) is 26.2 Å². The average Bonchev–Trinajstić information content (AvgIpc) is 3.07. The van der Waals surface area contributed by atoms with Gasteiger partial charge in [0.15, 0.2) is 6.61 Å². The van der Waals surface area contributed by atoms with E-state index in [1.54, 1.807) is 14.1 Å². The summed E-state index contributed by atoms with van der Waals surface area (Å²) in [5, 5.41) is 4.62. The normalized spacial score (nSPS) is 10.5. The maximum absolute atomic E-state index is 12.2. The van der Waals surface area contributed by atoms with Crippen LogP contribution in [0.1, 0.15) is 11.1 Å². The number of hydrogen-bond donors (Lipinski definition) is 3. The Labute approximate surface area is 173 Å². The highest BCUT2D eigenvalue weighted by Gasteiger charge is 2.09. The maximum Gasteiger partial charge on any atom is 0.335 e. The fraction of sp³-hybridized carbons (Fsp3) is 0.238. The monoisotopic (exact) mass is 412 g/mol. The van der Waals surface area contributed by atoms with Crippen LogP contribution in [0.2, 0.25) is 0 Å². The van der Waals surface area contributed by atoms with Crippen LogP contribution in [-0.4, -0.2) is 37.5 Å². The molecule has 29 heavy (non-hydrogen) atoms. The molecule has 1 aromatic heterocycles. The fourth-order valence-electron chi connectivity index (χ4n) is 2.71. The third kappa shape index (κ3) is 5.39. The number of carbonyl (C=O) groups excluding carboxylic acids is 2. The lowest BCUT2D eigenvalue weighted by molar-refractivity contribution is -0.118. The highest BCUT2D eigenvalue weighted by molar-refractivity contribution is 7.22. The molecule has 0 fully saturated rings. The second-order valence-electron chi connectivity index (χ2n) is 6.92. The van der Waals surface area contributed by atoms with Crippen LogP contribution in [0.3, 0.4) is 0 Å². The summed E-state index contributed by atoms with van der Waals surface area (Å²) >= 11 is 1.51. The number of thiophene rings is 1. The Morgan fingerprint density at radius 1 is 1.07 bits per heavy atom. The number of benzene rings is 2. The molecule has 0 unspecified atom stereocenters. The summed E-state index contributed by atoms with van der Waals surface area (Å²) in [6.45, 7) is 3.91. The zero-order valence-corrected chi connectivity index (χ0v) is 17.6. The van der Waals surface area contributed by atoms with Gasteiger partial charge in [0, 0.05) is 24.5 Å². The van der Waals surface area contributed by atoms with E-state index >= 15 is 0 Å². The quantitative estimate of drug-likeness (QED) is 0.532. The number of carbonyl (C=O) groups is 2. The molecule has 1 heterocycles. The van der Waals surface area contributed by atoms with Gasteiger partial charge in [0.05, 0.1) is 0 Å². The number of amides is 3. The number of hydrogen-bond acceptors (Lipinski definition) is 5. The maximum atomic E-state index is 12.2. The molecule has 0 spiro atoms. The highest BCUT2D eigenvalue weighted by atomic mass is 32.1. The Balaban J connectivity index is 1.59. The molecule has 0 saturated carbocycles. The van der Waals surface area contributed by atoms with Crippen molar-refractivity contribution >= 4 is 44.0 Å². The third-order valence-corrected chi connectivity index (χ3v) is 5.22. The molecule has 3 aromatic rings. The Hall–Kier alpha value is -3.26. The molecule has 0 aliphatic rings. The number of anilines is 2. The first kappa shape index (κ1) is 20.5. The Morgan fingerprint density at radius 3 is 2.59 bits per heavy atom. The average molecular weight is 413 g/mol. The van der Waals surface area contributed by atoms with E-state index in [1.807, 2.05) is 56.3 Å². The van der Waals surface area contributed by atoms with E-state index in [2.05, 4.69) is 16.2 Å². The summed E-state index contributed by atoms with van der Waals surface area (Å²) in [4.78, 5) is 25.3. The molecular formula is C21H24N4O3S. The molecule has 0 radical (unpaired) electrons. The topological polar surface area (TPSA) is 82.7 Å². The molecule has 3 amide bonds. The van der Waals surface area contributed by atoms with E-state index in [9.17, 15) is 9.59 Å². The van der Waals surface area contributed by atoms with Crippen LogP contribution in [0.25, 0.3) is 10.1 Å². The lowest BCUT2D eigenvalue weighted by atomic mass is 10.1. The van der Waals surface area contributed by atoms with E-state index in [-0.39, 0.29) is 18.5 Å². The zero-order valence-electron chi connectivity index (χ0n) is 16.8. The van der Waals surface area contributed by atoms with Crippen LogP contribution in [0, 0.1) is 13.8 Å². The Bertz CT molecular complexity index is 1050. The van der Waals surface area contributed by atoms with Crippen molar-refractivity contribution in [1.29, 1.82) is 0 Å². The number of ether oxygens (including phenoxy) is 1. The van der Waals surface area contributed by atoms with Crippen molar-refractivity contribution in [3.8, 4) is 5.75 Å². The smallest absolute Gasteiger partial charge is 0.335 e. The SMILES string of the molecule is Cc1ccc(OCC(=O)Nc2ccc3sc(NNC(=O)N(C)C)cc3c2)c(C)c1. The van der Waals surface area contributed by atoms with Crippen LogP contribution in [0.15, 0.2) is 42.5 Å². The largest absolute Gasteiger partial charge is 0.483 e. The minimum Gasteiger partial charge on any atom is -0.483 e. The number of fused-ring (bicyclic) bond motifs is 1. The minimum atomic E-state index is -0.237. The van der Waals surface area contributed by atoms with Crippen molar-refractivity contribution in [2.75, 3.05) is 31.4 Å². The predicted molar refractivity (Wildman–Crippen MR) is 118 cm³/mol. The van der Waals surface area contributed by atoms with Gasteiger partial charge in [0.25, 0.3) is 5.91 Å². The van der Waals surface area contributed by atoms with Crippen LogP contribution in [0.4, 0.5) is 15.5 Å². The summed E-state index contributed by atoms with van der Waals surface area (Å²) in [6, 6.07) is 13.2. The molecule has 3 rings (SSSR count). The molecule has 0 aliphatic heterocycles. The van der Waals surface area contributed by atoms with Crippen LogP contribution in [0.5, 0.6) is 5.75 Å². The van der Waals surface area contributed by atoms with Crippen molar-refractivity contribution in [2.45, 2.75) is 13.8 Å². The first-order valence-corrected chi connectivity index (χ1v) is 9.90. The van der Waals surface area contributed by atoms with Gasteiger partial charge in [-0.15, -0.1) is 11.3 Å². The zero-order chi connectivity index (χ0) is 21.0. The van der Waals surface area contributed by atoms with Crippen molar-refractivity contribution in [3.63, 3.8) is 0 Å². The molecule has 7 nitrogen and oxygen atoms in total. The van der Waals surface area contributed by atoms with Gasteiger partial charge < -0.3 is 15.0 Å². The third-order valence-electron chi connectivity index (χ3n) is 4.19. The number of nitrogens with zero attached hydrogens (tertiary/aromatic N) is 1. The first-order chi connectivity index (χ1) is 13.8. The molecule has 152 valence electrons. The van der Waals surface area contributed by atoms with Crippen LogP contribution in [-0.2, 0) is 4.79 Å². The van der Waals surface area contributed by atoms with E-state index in [4.69, 9.17) is 4.74 Å². The van der Waals surface area contributed by atoms with Crippen LogP contribution >= 0.6 is 11.3 Å². The number of aryl methyl sites for hydroxylation is 2. The molecule has 0 bridgehead atoms. The lowest BCUT2D eigenvalue weighted by Gasteiger charge is -2.12. The van der Waals surface area contributed by atoms with Crippen molar-refractivity contribution in [2.24, 2.45) is 0 Å². The molecular weight excluding hydrogens is 388 g/mol. The number of nitrogens with one attached hydrogen (secondary N) is 3. The van der Waals surface area contributed by atoms with Gasteiger partial charge in [-0.2, -0.15) is 0 Å². The van der Waals surface area contributed by atoms with Crippen molar-refractivity contribution in [3.05, 3.63) is 53.6 Å². The van der Waals surface area contributed by atoms with Gasteiger partial charge in [-0.25, -0.2) is 4.79 Å². The van der Waals surface area contributed by atoms with E-state index < -0.39 is 0 Å². The molecule has 3 N–H and O–H groups in total. The summed E-state index contributed by atoms with van der Waals surface area (Å²) in [6.07, 6.45) is 0. The van der Waals surface area contributed by atoms with E-state index in [1.165, 1.54) is 16.2 Å². The van der Waals surface area contributed by atoms with Gasteiger partial charge >= 0.3 is 6.03 Å². The minimum absolute atomic E-state index is 0.0606. The number of rotatable bonds is 6. The molecule has 2 aromatic carbocycles. The van der Waals surface area contributed by atoms with E-state index in [0.29, 0.717) is 11.4 Å².